The molecule has 0 aliphatic carbocycles. The highest BCUT2D eigenvalue weighted by molar-refractivity contribution is 5.19. The molecule has 0 saturated carbocycles. The molecule has 2 rings (SSSR count). The van der Waals surface area contributed by atoms with E-state index in [1.54, 1.807) is 10.9 Å². The maximum absolute atomic E-state index is 13.1. The van der Waals surface area contributed by atoms with Crippen LogP contribution in [0.15, 0.2) is 30.6 Å². The Morgan fingerprint density at radius 1 is 1.26 bits per heavy atom. The Kier molecular flexibility index (Phi) is 4.27. The van der Waals surface area contributed by atoms with Crippen LogP contribution in [0.5, 0.6) is 0 Å². The SMILES string of the molecule is CCC(NC)c1cnn(Cc2cc(F)cc(F)c2)c1. The van der Waals surface area contributed by atoms with Gasteiger partial charge in [0.2, 0.25) is 0 Å². The van der Waals surface area contributed by atoms with Crippen LogP contribution in [-0.4, -0.2) is 16.8 Å². The molecule has 5 heteroatoms. The van der Waals surface area contributed by atoms with Crippen LogP contribution < -0.4 is 5.32 Å². The highest BCUT2D eigenvalue weighted by Gasteiger charge is 2.09. The van der Waals surface area contributed by atoms with Gasteiger partial charge in [-0.25, -0.2) is 8.78 Å². The molecular formula is C14H17F2N3. The van der Waals surface area contributed by atoms with E-state index in [4.69, 9.17) is 0 Å². The van der Waals surface area contributed by atoms with E-state index < -0.39 is 11.6 Å². The molecular weight excluding hydrogens is 248 g/mol. The molecule has 1 aromatic heterocycles. The van der Waals surface area contributed by atoms with Crippen LogP contribution in [0, 0.1) is 11.6 Å². The van der Waals surface area contributed by atoms with E-state index >= 15 is 0 Å². The molecule has 0 bridgehead atoms. The Balaban J connectivity index is 2.15. The van der Waals surface area contributed by atoms with E-state index in [0.29, 0.717) is 12.1 Å². The first-order valence-electron chi connectivity index (χ1n) is 6.27. The van der Waals surface area contributed by atoms with Crippen molar-refractivity contribution in [1.82, 2.24) is 15.1 Å². The van der Waals surface area contributed by atoms with E-state index in [0.717, 1.165) is 18.1 Å². The first-order chi connectivity index (χ1) is 9.12. The minimum atomic E-state index is -0.566. The molecule has 19 heavy (non-hydrogen) atoms. The molecule has 0 amide bonds. The summed E-state index contributed by atoms with van der Waals surface area (Å²) < 4.78 is 27.9. The van der Waals surface area contributed by atoms with Crippen LogP contribution in [0.4, 0.5) is 8.78 Å². The van der Waals surface area contributed by atoms with Gasteiger partial charge in [-0.1, -0.05) is 6.92 Å². The van der Waals surface area contributed by atoms with Gasteiger partial charge < -0.3 is 5.32 Å². The van der Waals surface area contributed by atoms with Crippen molar-refractivity contribution in [1.29, 1.82) is 0 Å². The van der Waals surface area contributed by atoms with Crippen molar-refractivity contribution in [3.05, 3.63) is 53.4 Å². The average molecular weight is 265 g/mol. The fourth-order valence-corrected chi connectivity index (χ4v) is 2.14. The van der Waals surface area contributed by atoms with Gasteiger partial charge in [-0.3, -0.25) is 4.68 Å². The van der Waals surface area contributed by atoms with Crippen molar-refractivity contribution >= 4 is 0 Å². The minimum absolute atomic E-state index is 0.248. The number of nitrogens with one attached hydrogen (secondary N) is 1. The molecule has 0 fully saturated rings. The molecule has 102 valence electrons. The van der Waals surface area contributed by atoms with Gasteiger partial charge in [-0.15, -0.1) is 0 Å². The first-order valence-corrected chi connectivity index (χ1v) is 6.27. The summed E-state index contributed by atoms with van der Waals surface area (Å²) in [6.45, 7) is 2.44. The molecule has 0 aliphatic rings. The van der Waals surface area contributed by atoms with Gasteiger partial charge in [-0.05, 0) is 31.2 Å². The van der Waals surface area contributed by atoms with E-state index in [-0.39, 0.29) is 6.04 Å². The Labute approximate surface area is 111 Å². The lowest BCUT2D eigenvalue weighted by Gasteiger charge is -2.10. The number of rotatable bonds is 5. The zero-order chi connectivity index (χ0) is 13.8. The minimum Gasteiger partial charge on any atom is -0.313 e. The summed E-state index contributed by atoms with van der Waals surface area (Å²) in [4.78, 5) is 0. The maximum atomic E-state index is 13.1. The zero-order valence-electron chi connectivity index (χ0n) is 11.0. The van der Waals surface area contributed by atoms with Crippen molar-refractivity contribution in [2.75, 3.05) is 7.05 Å². The summed E-state index contributed by atoms with van der Waals surface area (Å²) in [6, 6.07) is 3.75. The molecule has 1 unspecified atom stereocenters. The third-order valence-corrected chi connectivity index (χ3v) is 3.08. The number of hydrogen-bond acceptors (Lipinski definition) is 2. The lowest BCUT2D eigenvalue weighted by atomic mass is 10.1. The maximum Gasteiger partial charge on any atom is 0.126 e. The zero-order valence-corrected chi connectivity index (χ0v) is 11.0. The van der Waals surface area contributed by atoms with E-state index in [1.165, 1.54) is 12.1 Å². The molecule has 3 nitrogen and oxygen atoms in total. The lowest BCUT2D eigenvalue weighted by Crippen LogP contribution is -2.14. The van der Waals surface area contributed by atoms with Crippen LogP contribution >= 0.6 is 0 Å². The smallest absolute Gasteiger partial charge is 0.126 e. The van der Waals surface area contributed by atoms with E-state index in [2.05, 4.69) is 17.3 Å². The highest BCUT2D eigenvalue weighted by Crippen LogP contribution is 2.16. The molecule has 0 aliphatic heterocycles. The fourth-order valence-electron chi connectivity index (χ4n) is 2.14. The van der Waals surface area contributed by atoms with Crippen molar-refractivity contribution < 1.29 is 8.78 Å². The normalized spacial score (nSPS) is 12.6. The summed E-state index contributed by atoms with van der Waals surface area (Å²) in [7, 11) is 1.90. The van der Waals surface area contributed by atoms with Crippen LogP contribution in [0.2, 0.25) is 0 Å². The Morgan fingerprint density at radius 3 is 2.53 bits per heavy atom. The summed E-state index contributed by atoms with van der Waals surface area (Å²) in [5.74, 6) is -1.13. The molecule has 1 aromatic carbocycles. The Bertz CT molecular complexity index is 527. The first kappa shape index (κ1) is 13.7. The van der Waals surface area contributed by atoms with Gasteiger partial charge in [0.15, 0.2) is 0 Å². The molecule has 0 spiro atoms. The second-order valence-corrected chi connectivity index (χ2v) is 4.50. The summed E-state index contributed by atoms with van der Waals surface area (Å²) in [6.07, 6.45) is 4.63. The second kappa shape index (κ2) is 5.93. The largest absolute Gasteiger partial charge is 0.313 e. The molecule has 0 saturated heterocycles. The van der Waals surface area contributed by atoms with Gasteiger partial charge in [-0.2, -0.15) is 5.10 Å². The molecule has 1 atom stereocenters. The molecule has 1 heterocycles. The number of halogens is 2. The third kappa shape index (κ3) is 3.38. The quantitative estimate of drug-likeness (QED) is 0.901. The standard InChI is InChI=1S/C14H17F2N3/c1-3-14(17-2)11-7-18-19(9-11)8-10-4-12(15)6-13(16)5-10/h4-7,9,14,17H,3,8H2,1-2H3. The molecule has 2 aromatic rings. The van der Waals surface area contributed by atoms with Crippen LogP contribution in [0.25, 0.3) is 0 Å². The van der Waals surface area contributed by atoms with Crippen molar-refractivity contribution in [2.45, 2.75) is 25.9 Å². The van der Waals surface area contributed by atoms with Gasteiger partial charge in [0, 0.05) is 23.9 Å². The van der Waals surface area contributed by atoms with E-state index in [9.17, 15) is 8.78 Å². The Morgan fingerprint density at radius 2 is 1.95 bits per heavy atom. The fraction of sp³-hybridized carbons (Fsp3) is 0.357. The summed E-state index contributed by atoms with van der Waals surface area (Å²) >= 11 is 0. The molecule has 1 N–H and O–H groups in total. The monoisotopic (exact) mass is 265 g/mol. The van der Waals surface area contributed by atoms with Crippen molar-refractivity contribution in [3.63, 3.8) is 0 Å². The van der Waals surface area contributed by atoms with Crippen molar-refractivity contribution in [2.24, 2.45) is 0 Å². The summed E-state index contributed by atoms with van der Waals surface area (Å²) in [5.41, 5.74) is 1.63. The van der Waals surface area contributed by atoms with Gasteiger partial charge in [0.05, 0.1) is 12.7 Å². The van der Waals surface area contributed by atoms with Crippen LogP contribution in [-0.2, 0) is 6.54 Å². The van der Waals surface area contributed by atoms with Crippen LogP contribution in [0.1, 0.15) is 30.5 Å². The van der Waals surface area contributed by atoms with Gasteiger partial charge in [0.1, 0.15) is 11.6 Å². The number of benzene rings is 1. The number of aromatic nitrogens is 2. The highest BCUT2D eigenvalue weighted by atomic mass is 19.1. The van der Waals surface area contributed by atoms with Gasteiger partial charge in [0.25, 0.3) is 0 Å². The topological polar surface area (TPSA) is 29.9 Å². The van der Waals surface area contributed by atoms with Gasteiger partial charge >= 0.3 is 0 Å². The summed E-state index contributed by atoms with van der Waals surface area (Å²) in [5, 5.41) is 7.41. The predicted octanol–water partition coefficient (Wildman–Crippen LogP) is 2.88. The second-order valence-electron chi connectivity index (χ2n) is 4.50. The average Bonchev–Trinajstić information content (AvgIpc) is 2.78. The Hall–Kier alpha value is -1.75. The number of hydrogen-bond donors (Lipinski definition) is 1. The number of nitrogens with zero attached hydrogens (tertiary/aromatic N) is 2. The predicted molar refractivity (Wildman–Crippen MR) is 69.8 cm³/mol. The lowest BCUT2D eigenvalue weighted by molar-refractivity contribution is 0.571. The third-order valence-electron chi connectivity index (χ3n) is 3.08. The van der Waals surface area contributed by atoms with Crippen LogP contribution in [0.3, 0.4) is 0 Å². The molecule has 0 radical (unpaired) electrons. The van der Waals surface area contributed by atoms with E-state index in [1.807, 2.05) is 13.2 Å². The van der Waals surface area contributed by atoms with Crippen molar-refractivity contribution in [3.8, 4) is 0 Å².